The van der Waals surface area contributed by atoms with Crippen molar-refractivity contribution in [1.82, 2.24) is 24.6 Å². The molecule has 1 saturated heterocycles. The Kier molecular flexibility index (Phi) is 6.76. The molecule has 1 aliphatic heterocycles. The van der Waals surface area contributed by atoms with Crippen molar-refractivity contribution in [3.05, 3.63) is 59.1 Å². The second kappa shape index (κ2) is 9.67. The Balaban J connectivity index is 1.56. The maximum Gasteiger partial charge on any atom is 0.191 e. The summed E-state index contributed by atoms with van der Waals surface area (Å²) in [5, 5.41) is 10.1. The number of benzene rings is 1. The van der Waals surface area contributed by atoms with Crippen LogP contribution in [0.5, 0.6) is 0 Å². The number of halogens is 2. The normalized spacial score (nSPS) is 15.0. The van der Waals surface area contributed by atoms with Crippen LogP contribution in [0.25, 0.3) is 11.4 Å². The number of aromatic nitrogens is 4. The summed E-state index contributed by atoms with van der Waals surface area (Å²) < 4.78 is 20.9. The Morgan fingerprint density at radius 3 is 2.62 bits per heavy atom. The Bertz CT molecular complexity index is 946. The molecule has 6 nitrogen and oxygen atoms in total. The number of rotatable bonds is 7. The van der Waals surface area contributed by atoms with Gasteiger partial charge < -0.3 is 9.30 Å². The monoisotopic (exact) mass is 433 g/mol. The molecule has 4 rings (SSSR count). The number of pyridine rings is 1. The summed E-state index contributed by atoms with van der Waals surface area (Å²) in [5.41, 5.74) is 1.79. The minimum absolute atomic E-state index is 0.269. The molecule has 1 aliphatic rings. The van der Waals surface area contributed by atoms with Crippen LogP contribution in [0.4, 0.5) is 4.39 Å². The van der Waals surface area contributed by atoms with Crippen LogP contribution in [0.2, 0.25) is 5.15 Å². The van der Waals surface area contributed by atoms with Crippen LogP contribution in [0.1, 0.15) is 5.56 Å². The van der Waals surface area contributed by atoms with Crippen LogP contribution < -0.4 is 0 Å². The van der Waals surface area contributed by atoms with E-state index in [0.717, 1.165) is 61.5 Å². The van der Waals surface area contributed by atoms with E-state index in [0.29, 0.717) is 10.9 Å². The molecule has 0 N–H and O–H groups in total. The first-order chi connectivity index (χ1) is 14.2. The highest BCUT2D eigenvalue weighted by Crippen LogP contribution is 2.28. The molecule has 0 amide bonds. The predicted octanol–water partition coefficient (Wildman–Crippen LogP) is 3.76. The van der Waals surface area contributed by atoms with Gasteiger partial charge in [-0.25, -0.2) is 9.37 Å². The topological polar surface area (TPSA) is 56.1 Å². The Hall–Kier alpha value is -2.00. The third-order valence-electron chi connectivity index (χ3n) is 4.76. The van der Waals surface area contributed by atoms with Crippen molar-refractivity contribution < 1.29 is 9.13 Å². The van der Waals surface area contributed by atoms with Crippen LogP contribution in [0, 0.1) is 5.82 Å². The van der Waals surface area contributed by atoms with E-state index >= 15 is 0 Å². The quantitative estimate of drug-likeness (QED) is 0.417. The van der Waals surface area contributed by atoms with E-state index < -0.39 is 0 Å². The maximum atomic E-state index is 13.4. The minimum atomic E-state index is -0.269. The van der Waals surface area contributed by atoms with Crippen LogP contribution in [-0.4, -0.2) is 57.5 Å². The molecule has 0 atom stereocenters. The van der Waals surface area contributed by atoms with Gasteiger partial charge in [0, 0.05) is 43.7 Å². The molecule has 0 radical (unpaired) electrons. The fourth-order valence-corrected chi connectivity index (χ4v) is 4.36. The fourth-order valence-electron chi connectivity index (χ4n) is 3.15. The number of ether oxygens (including phenoxy) is 1. The Morgan fingerprint density at radius 1 is 1.07 bits per heavy atom. The SMILES string of the molecule is Fc1ccc(-c2nnc(SCc3cccnc3Cl)n2CCN2CCOCC2)cc1. The molecule has 0 aliphatic carbocycles. The van der Waals surface area contributed by atoms with Gasteiger partial charge in [-0.1, -0.05) is 29.4 Å². The lowest BCUT2D eigenvalue weighted by atomic mass is 10.2. The molecule has 0 spiro atoms. The number of nitrogens with zero attached hydrogens (tertiary/aromatic N) is 5. The van der Waals surface area contributed by atoms with Gasteiger partial charge in [-0.15, -0.1) is 10.2 Å². The summed E-state index contributed by atoms with van der Waals surface area (Å²) in [5.74, 6) is 1.11. The first-order valence-corrected chi connectivity index (χ1v) is 10.8. The van der Waals surface area contributed by atoms with E-state index in [1.807, 2.05) is 12.1 Å². The molecular formula is C20H21ClFN5OS. The number of hydrogen-bond donors (Lipinski definition) is 0. The van der Waals surface area contributed by atoms with Crippen molar-refractivity contribution in [2.24, 2.45) is 0 Å². The van der Waals surface area contributed by atoms with Crippen LogP contribution >= 0.6 is 23.4 Å². The van der Waals surface area contributed by atoms with E-state index in [1.165, 1.54) is 12.1 Å². The van der Waals surface area contributed by atoms with E-state index in [2.05, 4.69) is 24.6 Å². The molecular weight excluding hydrogens is 413 g/mol. The molecule has 29 heavy (non-hydrogen) atoms. The van der Waals surface area contributed by atoms with Crippen molar-refractivity contribution in [1.29, 1.82) is 0 Å². The van der Waals surface area contributed by atoms with Crippen molar-refractivity contribution in [2.75, 3.05) is 32.8 Å². The highest BCUT2D eigenvalue weighted by Gasteiger charge is 2.17. The second-order valence-electron chi connectivity index (χ2n) is 6.66. The first-order valence-electron chi connectivity index (χ1n) is 9.42. The van der Waals surface area contributed by atoms with Crippen LogP contribution in [0.15, 0.2) is 47.8 Å². The molecule has 1 fully saturated rings. The highest BCUT2D eigenvalue weighted by atomic mass is 35.5. The van der Waals surface area contributed by atoms with Crippen LogP contribution in [0.3, 0.4) is 0 Å². The molecule has 3 aromatic rings. The zero-order valence-electron chi connectivity index (χ0n) is 15.8. The lowest BCUT2D eigenvalue weighted by Gasteiger charge is -2.27. The lowest BCUT2D eigenvalue weighted by molar-refractivity contribution is 0.0361. The average Bonchev–Trinajstić information content (AvgIpc) is 3.16. The number of hydrogen-bond acceptors (Lipinski definition) is 6. The molecule has 1 aromatic carbocycles. The lowest BCUT2D eigenvalue weighted by Crippen LogP contribution is -2.38. The summed E-state index contributed by atoms with van der Waals surface area (Å²) in [6.45, 7) is 4.96. The number of thioether (sulfide) groups is 1. The van der Waals surface area contributed by atoms with E-state index in [-0.39, 0.29) is 5.82 Å². The van der Waals surface area contributed by atoms with E-state index in [1.54, 1.807) is 30.1 Å². The standard InChI is InChI=1S/C20H21ClFN5OS/c21-18-16(2-1-7-23-18)14-29-20-25-24-19(15-3-5-17(22)6-4-15)27(20)9-8-26-10-12-28-13-11-26/h1-7H,8-14H2. The summed E-state index contributed by atoms with van der Waals surface area (Å²) in [7, 11) is 0. The fraction of sp³-hybridized carbons (Fsp3) is 0.350. The van der Waals surface area contributed by atoms with Crippen molar-refractivity contribution in [3.8, 4) is 11.4 Å². The summed E-state index contributed by atoms with van der Waals surface area (Å²) in [6, 6.07) is 10.2. The number of morpholine rings is 1. The second-order valence-corrected chi connectivity index (χ2v) is 7.96. The van der Waals surface area contributed by atoms with Gasteiger partial charge in [0.1, 0.15) is 11.0 Å². The average molecular weight is 434 g/mol. The molecule has 9 heteroatoms. The Labute approximate surface area is 178 Å². The minimum Gasteiger partial charge on any atom is -0.379 e. The van der Waals surface area contributed by atoms with Gasteiger partial charge in [0.2, 0.25) is 0 Å². The van der Waals surface area contributed by atoms with Gasteiger partial charge in [0.15, 0.2) is 11.0 Å². The molecule has 0 bridgehead atoms. The van der Waals surface area contributed by atoms with Gasteiger partial charge in [-0.2, -0.15) is 0 Å². The molecule has 2 aromatic heterocycles. The van der Waals surface area contributed by atoms with Gasteiger partial charge in [0.05, 0.1) is 13.2 Å². The maximum absolute atomic E-state index is 13.4. The van der Waals surface area contributed by atoms with E-state index in [9.17, 15) is 4.39 Å². The van der Waals surface area contributed by atoms with E-state index in [4.69, 9.17) is 16.3 Å². The summed E-state index contributed by atoms with van der Waals surface area (Å²) in [4.78, 5) is 6.49. The Morgan fingerprint density at radius 2 is 1.86 bits per heavy atom. The van der Waals surface area contributed by atoms with Crippen molar-refractivity contribution in [2.45, 2.75) is 17.5 Å². The van der Waals surface area contributed by atoms with Gasteiger partial charge in [0.25, 0.3) is 0 Å². The van der Waals surface area contributed by atoms with Gasteiger partial charge in [-0.3, -0.25) is 4.90 Å². The van der Waals surface area contributed by atoms with Gasteiger partial charge in [-0.05, 0) is 35.9 Å². The molecule has 0 saturated carbocycles. The van der Waals surface area contributed by atoms with Gasteiger partial charge >= 0.3 is 0 Å². The summed E-state index contributed by atoms with van der Waals surface area (Å²) in [6.07, 6.45) is 1.67. The molecule has 152 valence electrons. The predicted molar refractivity (Wildman–Crippen MR) is 111 cm³/mol. The first kappa shape index (κ1) is 20.3. The van der Waals surface area contributed by atoms with Crippen LogP contribution in [-0.2, 0) is 17.0 Å². The smallest absolute Gasteiger partial charge is 0.191 e. The zero-order valence-corrected chi connectivity index (χ0v) is 17.4. The molecule has 0 unspecified atom stereocenters. The zero-order chi connectivity index (χ0) is 20.1. The van der Waals surface area contributed by atoms with Crippen molar-refractivity contribution >= 4 is 23.4 Å². The largest absolute Gasteiger partial charge is 0.379 e. The van der Waals surface area contributed by atoms with Crippen molar-refractivity contribution in [3.63, 3.8) is 0 Å². The summed E-state index contributed by atoms with van der Waals surface area (Å²) >= 11 is 7.75. The highest BCUT2D eigenvalue weighted by molar-refractivity contribution is 7.98. The molecule has 3 heterocycles. The third kappa shape index (κ3) is 5.14. The third-order valence-corrected chi connectivity index (χ3v) is 6.11.